The predicted molar refractivity (Wildman–Crippen MR) is 91.2 cm³/mol. The number of aryl methyl sites for hydroxylation is 1. The molecule has 1 saturated heterocycles. The van der Waals surface area contributed by atoms with Gasteiger partial charge in [-0.3, -0.25) is 4.79 Å². The van der Waals surface area contributed by atoms with Gasteiger partial charge in [0.25, 0.3) is 0 Å². The largest absolute Gasteiger partial charge is 0.342 e. The summed E-state index contributed by atoms with van der Waals surface area (Å²) >= 11 is 1.74. The lowest BCUT2D eigenvalue weighted by atomic mass is 10.1. The number of carbonyl (C=O) groups excluding carboxylic acids is 1. The molecule has 4 nitrogen and oxygen atoms in total. The van der Waals surface area contributed by atoms with Gasteiger partial charge in [0, 0.05) is 19.5 Å². The van der Waals surface area contributed by atoms with Crippen LogP contribution in [0.3, 0.4) is 0 Å². The highest BCUT2D eigenvalue weighted by molar-refractivity contribution is 7.18. The third-order valence-electron chi connectivity index (χ3n) is 4.25. The monoisotopic (exact) mass is 317 g/mol. The molecule has 1 amide bonds. The van der Waals surface area contributed by atoms with Crippen LogP contribution in [-0.4, -0.2) is 42.5 Å². The van der Waals surface area contributed by atoms with Gasteiger partial charge in [-0.25, -0.2) is 4.98 Å². The van der Waals surface area contributed by atoms with E-state index < -0.39 is 0 Å². The molecule has 0 saturated carbocycles. The number of nitrogens with zero attached hydrogens (tertiary/aromatic N) is 2. The van der Waals surface area contributed by atoms with E-state index in [2.05, 4.69) is 16.4 Å². The highest BCUT2D eigenvalue weighted by atomic mass is 32.1. The first kappa shape index (κ1) is 15.4. The fraction of sp³-hybridized carbons (Fsp3) is 0.529. The predicted octanol–water partition coefficient (Wildman–Crippen LogP) is 2.69. The molecule has 0 radical (unpaired) electrons. The number of amides is 1. The Bertz CT molecular complexity index is 607. The van der Waals surface area contributed by atoms with Crippen LogP contribution in [0, 0.1) is 5.92 Å². The van der Waals surface area contributed by atoms with Crippen molar-refractivity contribution in [2.24, 2.45) is 5.92 Å². The SMILES string of the molecule is CNCC1CCN(C(=O)CCCc2nc3ccccc3s2)C1. The second kappa shape index (κ2) is 7.20. The van der Waals surface area contributed by atoms with Crippen LogP contribution in [-0.2, 0) is 11.2 Å². The van der Waals surface area contributed by atoms with Crippen molar-refractivity contribution in [3.8, 4) is 0 Å². The number of hydrogen-bond donors (Lipinski definition) is 1. The van der Waals surface area contributed by atoms with Gasteiger partial charge < -0.3 is 10.2 Å². The molecule has 1 aromatic heterocycles. The van der Waals surface area contributed by atoms with Crippen LogP contribution in [0.5, 0.6) is 0 Å². The van der Waals surface area contributed by atoms with Gasteiger partial charge in [0.05, 0.1) is 15.2 Å². The Morgan fingerprint density at radius 2 is 2.32 bits per heavy atom. The van der Waals surface area contributed by atoms with E-state index in [1.807, 2.05) is 30.1 Å². The fourth-order valence-electron chi connectivity index (χ4n) is 3.09. The summed E-state index contributed by atoms with van der Waals surface area (Å²) in [7, 11) is 1.97. The number of carbonyl (C=O) groups is 1. The number of likely N-dealkylation sites (tertiary alicyclic amines) is 1. The van der Waals surface area contributed by atoms with E-state index in [0.29, 0.717) is 18.2 Å². The minimum atomic E-state index is 0.305. The molecule has 1 N–H and O–H groups in total. The number of thiazole rings is 1. The van der Waals surface area contributed by atoms with Gasteiger partial charge in [0.15, 0.2) is 0 Å². The first-order valence-corrected chi connectivity index (χ1v) is 8.84. The van der Waals surface area contributed by atoms with Crippen molar-refractivity contribution in [1.82, 2.24) is 15.2 Å². The Balaban J connectivity index is 1.45. The maximum absolute atomic E-state index is 12.2. The first-order chi connectivity index (χ1) is 10.8. The highest BCUT2D eigenvalue weighted by Crippen LogP contribution is 2.23. The van der Waals surface area contributed by atoms with Crippen molar-refractivity contribution < 1.29 is 4.79 Å². The Morgan fingerprint density at radius 3 is 3.14 bits per heavy atom. The first-order valence-electron chi connectivity index (χ1n) is 8.03. The maximum atomic E-state index is 12.2. The number of fused-ring (bicyclic) bond motifs is 1. The molecule has 1 fully saturated rings. The van der Waals surface area contributed by atoms with Crippen molar-refractivity contribution in [3.05, 3.63) is 29.3 Å². The van der Waals surface area contributed by atoms with Crippen molar-refractivity contribution >= 4 is 27.5 Å². The van der Waals surface area contributed by atoms with E-state index in [4.69, 9.17) is 0 Å². The molecule has 0 aliphatic carbocycles. The van der Waals surface area contributed by atoms with E-state index >= 15 is 0 Å². The topological polar surface area (TPSA) is 45.2 Å². The normalized spacial score (nSPS) is 18.2. The van der Waals surface area contributed by atoms with Crippen molar-refractivity contribution in [3.63, 3.8) is 0 Å². The lowest BCUT2D eigenvalue weighted by molar-refractivity contribution is -0.130. The molecule has 1 atom stereocenters. The Hall–Kier alpha value is -1.46. The summed E-state index contributed by atoms with van der Waals surface area (Å²) in [6.07, 6.45) is 3.57. The number of para-hydroxylation sites is 1. The molecular weight excluding hydrogens is 294 g/mol. The molecule has 5 heteroatoms. The minimum absolute atomic E-state index is 0.305. The summed E-state index contributed by atoms with van der Waals surface area (Å²) in [5, 5.41) is 4.34. The zero-order chi connectivity index (χ0) is 15.4. The summed E-state index contributed by atoms with van der Waals surface area (Å²) in [4.78, 5) is 18.9. The van der Waals surface area contributed by atoms with Gasteiger partial charge in [-0.2, -0.15) is 0 Å². The molecule has 1 aliphatic rings. The van der Waals surface area contributed by atoms with Crippen molar-refractivity contribution in [2.75, 3.05) is 26.7 Å². The Labute approximate surface area is 135 Å². The van der Waals surface area contributed by atoms with E-state index in [9.17, 15) is 4.79 Å². The molecule has 2 heterocycles. The summed E-state index contributed by atoms with van der Waals surface area (Å²) in [6, 6.07) is 8.22. The van der Waals surface area contributed by atoms with Crippen molar-refractivity contribution in [2.45, 2.75) is 25.7 Å². The van der Waals surface area contributed by atoms with Crippen LogP contribution < -0.4 is 5.32 Å². The summed E-state index contributed by atoms with van der Waals surface area (Å²) in [5.74, 6) is 0.929. The highest BCUT2D eigenvalue weighted by Gasteiger charge is 2.25. The third-order valence-corrected chi connectivity index (χ3v) is 5.35. The summed E-state index contributed by atoms with van der Waals surface area (Å²) in [5.41, 5.74) is 1.07. The molecule has 3 rings (SSSR count). The third kappa shape index (κ3) is 3.65. The van der Waals surface area contributed by atoms with Crippen LogP contribution in [0.2, 0.25) is 0 Å². The van der Waals surface area contributed by atoms with Gasteiger partial charge in [-0.15, -0.1) is 11.3 Å². The van der Waals surface area contributed by atoms with E-state index in [-0.39, 0.29) is 0 Å². The lowest BCUT2D eigenvalue weighted by Gasteiger charge is -2.16. The standard InChI is InChI=1S/C17H23N3OS/c1-18-11-13-9-10-20(12-13)17(21)8-4-7-16-19-14-5-2-3-6-15(14)22-16/h2-3,5-6,13,18H,4,7-12H2,1H3. The van der Waals surface area contributed by atoms with E-state index in [1.165, 1.54) is 4.70 Å². The number of aromatic nitrogens is 1. The van der Waals surface area contributed by atoms with E-state index in [1.54, 1.807) is 11.3 Å². The lowest BCUT2D eigenvalue weighted by Crippen LogP contribution is -2.30. The summed E-state index contributed by atoms with van der Waals surface area (Å²) < 4.78 is 1.23. The van der Waals surface area contributed by atoms with Gasteiger partial charge >= 0.3 is 0 Å². The number of hydrogen-bond acceptors (Lipinski definition) is 4. The van der Waals surface area contributed by atoms with Crippen LogP contribution in [0.4, 0.5) is 0 Å². The number of benzene rings is 1. The summed E-state index contributed by atoms with van der Waals surface area (Å²) in [6.45, 7) is 2.85. The molecule has 1 aliphatic heterocycles. The average molecular weight is 317 g/mol. The molecular formula is C17H23N3OS. The zero-order valence-electron chi connectivity index (χ0n) is 13.0. The molecule has 1 unspecified atom stereocenters. The molecule has 0 bridgehead atoms. The molecule has 2 aromatic rings. The molecule has 1 aromatic carbocycles. The fourth-order valence-corrected chi connectivity index (χ4v) is 4.10. The second-order valence-corrected chi connectivity index (χ2v) is 7.10. The van der Waals surface area contributed by atoms with Crippen LogP contribution in [0.15, 0.2) is 24.3 Å². The maximum Gasteiger partial charge on any atom is 0.222 e. The van der Waals surface area contributed by atoms with Crippen LogP contribution in [0.1, 0.15) is 24.3 Å². The smallest absolute Gasteiger partial charge is 0.222 e. The Morgan fingerprint density at radius 1 is 1.45 bits per heavy atom. The van der Waals surface area contributed by atoms with Gasteiger partial charge in [-0.1, -0.05) is 12.1 Å². The van der Waals surface area contributed by atoms with Gasteiger partial charge in [0.1, 0.15) is 0 Å². The van der Waals surface area contributed by atoms with Crippen LogP contribution >= 0.6 is 11.3 Å². The Kier molecular flexibility index (Phi) is 5.05. The van der Waals surface area contributed by atoms with Crippen molar-refractivity contribution in [1.29, 1.82) is 0 Å². The minimum Gasteiger partial charge on any atom is -0.342 e. The molecule has 22 heavy (non-hydrogen) atoms. The van der Waals surface area contributed by atoms with Gasteiger partial charge in [0.2, 0.25) is 5.91 Å². The number of rotatable bonds is 6. The van der Waals surface area contributed by atoms with E-state index in [0.717, 1.165) is 49.4 Å². The average Bonchev–Trinajstić information content (AvgIpc) is 3.13. The second-order valence-electron chi connectivity index (χ2n) is 5.98. The molecule has 0 spiro atoms. The number of nitrogens with one attached hydrogen (secondary N) is 1. The van der Waals surface area contributed by atoms with Crippen LogP contribution in [0.25, 0.3) is 10.2 Å². The van der Waals surface area contributed by atoms with Gasteiger partial charge in [-0.05, 0) is 50.9 Å². The molecule has 118 valence electrons. The zero-order valence-corrected chi connectivity index (χ0v) is 13.9. The quantitative estimate of drug-likeness (QED) is 0.891.